The normalized spacial score (nSPS) is 10.8. The molecule has 2 aromatic rings. The molecule has 1 N–H and O–H groups in total. The summed E-state index contributed by atoms with van der Waals surface area (Å²) in [5, 5.41) is 19.1. The molecule has 2 rings (SSSR count). The Labute approximate surface area is 160 Å². The summed E-state index contributed by atoms with van der Waals surface area (Å²) in [6.45, 7) is 0. The molecule has 0 bridgehead atoms. The standard InChI is InChI=1S/C21H19N3O2S/c1-27(25,26)24-20-13-6-5-11-19(20)12-7-8-14-21(16-22,17-23)15-18-9-3-2-4-10-18/h2-6,9-11,13,24H,8,14-15H2,1H3. The Bertz CT molecular complexity index is 1020. The predicted octanol–water partition coefficient (Wildman–Crippen LogP) is 3.47. The van der Waals surface area contributed by atoms with Crippen molar-refractivity contribution in [1.82, 2.24) is 0 Å². The molecule has 136 valence electrons. The van der Waals surface area contributed by atoms with Crippen LogP contribution in [0.5, 0.6) is 0 Å². The van der Waals surface area contributed by atoms with Crippen LogP contribution in [0, 0.1) is 39.9 Å². The van der Waals surface area contributed by atoms with Crippen molar-refractivity contribution in [3.8, 4) is 24.0 Å². The Balaban J connectivity index is 2.11. The second-order valence-electron chi connectivity index (χ2n) is 6.19. The number of para-hydroxylation sites is 1. The molecule has 0 radical (unpaired) electrons. The third-order valence-corrected chi connectivity index (χ3v) is 4.49. The number of benzene rings is 2. The maximum absolute atomic E-state index is 11.4. The van der Waals surface area contributed by atoms with Gasteiger partial charge in [-0.2, -0.15) is 10.5 Å². The van der Waals surface area contributed by atoms with Gasteiger partial charge in [-0.15, -0.1) is 0 Å². The van der Waals surface area contributed by atoms with Crippen LogP contribution in [0.2, 0.25) is 0 Å². The molecule has 6 heteroatoms. The van der Waals surface area contributed by atoms with Crippen LogP contribution in [0.1, 0.15) is 24.0 Å². The number of rotatable bonds is 6. The van der Waals surface area contributed by atoms with Gasteiger partial charge in [0.1, 0.15) is 5.41 Å². The van der Waals surface area contributed by atoms with Crippen molar-refractivity contribution in [3.05, 3.63) is 65.7 Å². The third kappa shape index (κ3) is 6.19. The Kier molecular flexibility index (Phi) is 6.61. The molecule has 27 heavy (non-hydrogen) atoms. The smallest absolute Gasteiger partial charge is 0.229 e. The second kappa shape index (κ2) is 8.90. The number of nitriles is 2. The van der Waals surface area contributed by atoms with Gasteiger partial charge in [0.25, 0.3) is 0 Å². The molecule has 5 nitrogen and oxygen atoms in total. The first kappa shape index (κ1) is 20.0. The summed E-state index contributed by atoms with van der Waals surface area (Å²) in [7, 11) is -3.40. The number of hydrogen-bond donors (Lipinski definition) is 1. The molecule has 0 aliphatic heterocycles. The summed E-state index contributed by atoms with van der Waals surface area (Å²) in [6, 6.07) is 20.5. The Morgan fingerprint density at radius 3 is 2.26 bits per heavy atom. The van der Waals surface area contributed by atoms with Crippen LogP contribution in [0.15, 0.2) is 54.6 Å². The number of nitrogens with zero attached hydrogens (tertiary/aromatic N) is 2. The van der Waals surface area contributed by atoms with Crippen LogP contribution in [0.3, 0.4) is 0 Å². The number of anilines is 1. The van der Waals surface area contributed by atoms with E-state index in [1.54, 1.807) is 24.3 Å². The van der Waals surface area contributed by atoms with Gasteiger partial charge in [-0.3, -0.25) is 4.72 Å². The number of nitrogens with one attached hydrogen (secondary N) is 1. The summed E-state index contributed by atoms with van der Waals surface area (Å²) < 4.78 is 25.3. The summed E-state index contributed by atoms with van der Waals surface area (Å²) in [5.41, 5.74) is 0.742. The highest BCUT2D eigenvalue weighted by atomic mass is 32.2. The SMILES string of the molecule is CS(=O)(=O)Nc1ccccc1C#CCCC(C#N)(C#N)Cc1ccccc1. The van der Waals surface area contributed by atoms with Crippen molar-refractivity contribution in [2.75, 3.05) is 11.0 Å². The summed E-state index contributed by atoms with van der Waals surface area (Å²) in [6.07, 6.45) is 2.08. The molecule has 2 aromatic carbocycles. The molecular weight excluding hydrogens is 358 g/mol. The summed E-state index contributed by atoms with van der Waals surface area (Å²) >= 11 is 0. The maximum atomic E-state index is 11.4. The lowest BCUT2D eigenvalue weighted by molar-refractivity contribution is 0.482. The van der Waals surface area contributed by atoms with Crippen molar-refractivity contribution >= 4 is 15.7 Å². The largest absolute Gasteiger partial charge is 0.283 e. The molecule has 0 spiro atoms. The highest BCUT2D eigenvalue weighted by Gasteiger charge is 2.29. The molecule has 0 unspecified atom stereocenters. The third-order valence-electron chi connectivity index (χ3n) is 3.90. The van der Waals surface area contributed by atoms with Crippen LogP contribution in [0.25, 0.3) is 0 Å². The Hall–Kier alpha value is -3.27. The predicted molar refractivity (Wildman–Crippen MR) is 105 cm³/mol. The van der Waals surface area contributed by atoms with Gasteiger partial charge < -0.3 is 0 Å². The first-order chi connectivity index (χ1) is 12.9. The minimum atomic E-state index is -3.40. The van der Waals surface area contributed by atoms with E-state index >= 15 is 0 Å². The molecule has 0 atom stereocenters. The van der Waals surface area contributed by atoms with E-state index in [0.29, 0.717) is 30.5 Å². The van der Waals surface area contributed by atoms with Crippen molar-refractivity contribution < 1.29 is 8.42 Å². The van der Waals surface area contributed by atoms with E-state index in [1.807, 2.05) is 30.3 Å². The fourth-order valence-electron chi connectivity index (χ4n) is 2.56. The van der Waals surface area contributed by atoms with Crippen molar-refractivity contribution in [3.63, 3.8) is 0 Å². The zero-order valence-corrected chi connectivity index (χ0v) is 15.8. The van der Waals surface area contributed by atoms with Gasteiger partial charge >= 0.3 is 0 Å². The molecule has 0 saturated heterocycles. The van der Waals surface area contributed by atoms with Crippen LogP contribution in [-0.2, 0) is 16.4 Å². The fraction of sp³-hybridized carbons (Fsp3) is 0.238. The zero-order valence-electron chi connectivity index (χ0n) is 14.9. The van der Waals surface area contributed by atoms with Gasteiger partial charge in [0.15, 0.2) is 0 Å². The Morgan fingerprint density at radius 1 is 1.00 bits per heavy atom. The lowest BCUT2D eigenvalue weighted by atomic mass is 9.80. The maximum Gasteiger partial charge on any atom is 0.229 e. The van der Waals surface area contributed by atoms with Gasteiger partial charge in [0.05, 0.1) is 24.1 Å². The lowest BCUT2D eigenvalue weighted by Gasteiger charge is -2.17. The monoisotopic (exact) mass is 377 g/mol. The van der Waals surface area contributed by atoms with E-state index in [9.17, 15) is 18.9 Å². The van der Waals surface area contributed by atoms with Crippen molar-refractivity contribution in [2.45, 2.75) is 19.3 Å². The molecule has 0 heterocycles. The first-order valence-electron chi connectivity index (χ1n) is 8.30. The molecular formula is C21H19N3O2S. The molecule has 0 fully saturated rings. The minimum Gasteiger partial charge on any atom is -0.283 e. The highest BCUT2D eigenvalue weighted by molar-refractivity contribution is 7.92. The van der Waals surface area contributed by atoms with Crippen LogP contribution in [0.4, 0.5) is 5.69 Å². The minimum absolute atomic E-state index is 0.309. The molecule has 0 saturated carbocycles. The van der Waals surface area contributed by atoms with Crippen molar-refractivity contribution in [1.29, 1.82) is 10.5 Å². The van der Waals surface area contributed by atoms with E-state index in [0.717, 1.165) is 11.8 Å². The van der Waals surface area contributed by atoms with Gasteiger partial charge in [-0.05, 0) is 24.1 Å². The van der Waals surface area contributed by atoms with E-state index in [4.69, 9.17) is 0 Å². The quantitative estimate of drug-likeness (QED) is 0.780. The number of hydrogen-bond acceptors (Lipinski definition) is 4. The number of sulfonamides is 1. The average Bonchev–Trinajstić information content (AvgIpc) is 2.65. The fourth-order valence-corrected chi connectivity index (χ4v) is 3.14. The first-order valence-corrected chi connectivity index (χ1v) is 10.2. The average molecular weight is 377 g/mol. The Morgan fingerprint density at radius 2 is 1.63 bits per heavy atom. The zero-order chi connectivity index (χ0) is 19.8. The second-order valence-corrected chi connectivity index (χ2v) is 7.94. The van der Waals surface area contributed by atoms with Crippen LogP contribution >= 0.6 is 0 Å². The molecule has 0 aliphatic rings. The van der Waals surface area contributed by atoms with Gasteiger partial charge in [0.2, 0.25) is 10.0 Å². The van der Waals surface area contributed by atoms with Crippen LogP contribution < -0.4 is 4.72 Å². The lowest BCUT2D eigenvalue weighted by Crippen LogP contribution is -2.19. The molecule has 0 aromatic heterocycles. The van der Waals surface area contributed by atoms with E-state index in [-0.39, 0.29) is 0 Å². The molecule has 0 amide bonds. The van der Waals surface area contributed by atoms with Gasteiger partial charge in [-0.25, -0.2) is 8.42 Å². The van der Waals surface area contributed by atoms with E-state index in [2.05, 4.69) is 28.7 Å². The summed E-state index contributed by atoms with van der Waals surface area (Å²) in [4.78, 5) is 0. The van der Waals surface area contributed by atoms with Gasteiger partial charge in [0, 0.05) is 18.4 Å². The van der Waals surface area contributed by atoms with Crippen LogP contribution in [-0.4, -0.2) is 14.7 Å². The van der Waals surface area contributed by atoms with Crippen molar-refractivity contribution in [2.24, 2.45) is 5.41 Å². The summed E-state index contributed by atoms with van der Waals surface area (Å²) in [5.74, 6) is 5.88. The van der Waals surface area contributed by atoms with Gasteiger partial charge in [-0.1, -0.05) is 54.3 Å². The van der Waals surface area contributed by atoms with E-state index in [1.165, 1.54) is 0 Å². The topological polar surface area (TPSA) is 93.8 Å². The highest BCUT2D eigenvalue weighted by Crippen LogP contribution is 2.27. The van der Waals surface area contributed by atoms with E-state index < -0.39 is 15.4 Å². The molecule has 0 aliphatic carbocycles.